The Labute approximate surface area is 70.8 Å². The van der Waals surface area contributed by atoms with Gasteiger partial charge in [0.1, 0.15) is 0 Å². The molecule has 0 aliphatic heterocycles. The molecule has 12 heavy (non-hydrogen) atoms. The van der Waals surface area contributed by atoms with Crippen molar-refractivity contribution in [1.29, 1.82) is 0 Å². The molecule has 0 aliphatic carbocycles. The van der Waals surface area contributed by atoms with Gasteiger partial charge in [0, 0.05) is 19.0 Å². The number of nitrogens with two attached hydrogens (primary N) is 1. The molecule has 2 rings (SSSR count). The van der Waals surface area contributed by atoms with Crippen molar-refractivity contribution in [1.82, 2.24) is 9.78 Å². The number of hydrogen-bond acceptors (Lipinski definition) is 2. The van der Waals surface area contributed by atoms with Crippen molar-refractivity contribution in [2.45, 2.75) is 6.54 Å². The van der Waals surface area contributed by atoms with Gasteiger partial charge in [-0.25, -0.2) is 0 Å². The van der Waals surface area contributed by atoms with Crippen molar-refractivity contribution in [3.05, 3.63) is 30.0 Å². The molecular weight excluding hydrogens is 150 g/mol. The maximum absolute atomic E-state index is 5.55. The van der Waals surface area contributed by atoms with E-state index in [1.807, 2.05) is 36.0 Å². The third-order valence-corrected chi connectivity index (χ3v) is 2.03. The molecule has 0 saturated carbocycles. The average Bonchev–Trinajstić information content (AvgIpc) is 2.44. The molecule has 2 N–H and O–H groups in total. The second-order valence-corrected chi connectivity index (χ2v) is 2.79. The average molecular weight is 161 g/mol. The Kier molecular flexibility index (Phi) is 1.59. The van der Waals surface area contributed by atoms with Crippen LogP contribution in [-0.4, -0.2) is 9.78 Å². The van der Waals surface area contributed by atoms with Gasteiger partial charge in [0.2, 0.25) is 0 Å². The summed E-state index contributed by atoms with van der Waals surface area (Å²) < 4.78 is 1.86. The minimum Gasteiger partial charge on any atom is -0.325 e. The Morgan fingerprint density at radius 2 is 2.17 bits per heavy atom. The maximum Gasteiger partial charge on any atom is 0.0838 e. The van der Waals surface area contributed by atoms with E-state index in [-0.39, 0.29) is 0 Å². The molecule has 0 amide bonds. The summed E-state index contributed by atoms with van der Waals surface area (Å²) in [6, 6.07) is 8.10. The van der Waals surface area contributed by atoms with Gasteiger partial charge in [-0.2, -0.15) is 5.10 Å². The second-order valence-electron chi connectivity index (χ2n) is 2.79. The number of aryl methyl sites for hydroxylation is 1. The smallest absolute Gasteiger partial charge is 0.0838 e. The molecule has 0 aliphatic rings. The number of benzene rings is 1. The Balaban J connectivity index is 2.82. The van der Waals surface area contributed by atoms with Crippen LogP contribution >= 0.6 is 0 Å². The summed E-state index contributed by atoms with van der Waals surface area (Å²) in [5.41, 5.74) is 7.66. The molecule has 62 valence electrons. The monoisotopic (exact) mass is 161 g/mol. The van der Waals surface area contributed by atoms with Gasteiger partial charge in [0.25, 0.3) is 0 Å². The summed E-state index contributed by atoms with van der Waals surface area (Å²) in [4.78, 5) is 0. The summed E-state index contributed by atoms with van der Waals surface area (Å²) in [5, 5.41) is 5.46. The molecule has 0 unspecified atom stereocenters. The fraction of sp³-hybridized carbons (Fsp3) is 0.222. The molecule has 0 saturated heterocycles. The molecule has 1 aromatic carbocycles. The molecule has 0 spiro atoms. The SMILES string of the molecule is Cn1nc(CN)c2ccccc21. The first-order valence-electron chi connectivity index (χ1n) is 3.93. The highest BCUT2D eigenvalue weighted by Gasteiger charge is 2.04. The Morgan fingerprint density at radius 3 is 2.92 bits per heavy atom. The molecule has 2 aromatic rings. The first-order chi connectivity index (χ1) is 5.83. The lowest BCUT2D eigenvalue weighted by molar-refractivity contribution is 0.766. The van der Waals surface area contributed by atoms with E-state index in [4.69, 9.17) is 5.73 Å². The van der Waals surface area contributed by atoms with Gasteiger partial charge in [0.15, 0.2) is 0 Å². The topological polar surface area (TPSA) is 43.8 Å². The van der Waals surface area contributed by atoms with Gasteiger partial charge in [-0.1, -0.05) is 18.2 Å². The molecule has 0 radical (unpaired) electrons. The molecule has 1 heterocycles. The predicted octanol–water partition coefficient (Wildman–Crippen LogP) is 1.03. The van der Waals surface area contributed by atoms with Crippen LogP contribution in [0.1, 0.15) is 5.69 Å². The van der Waals surface area contributed by atoms with Crippen LogP contribution in [0, 0.1) is 0 Å². The first kappa shape index (κ1) is 7.31. The van der Waals surface area contributed by atoms with Gasteiger partial charge < -0.3 is 5.73 Å². The molecular formula is C9H11N3. The predicted molar refractivity (Wildman–Crippen MR) is 48.6 cm³/mol. The number of rotatable bonds is 1. The Morgan fingerprint density at radius 1 is 1.42 bits per heavy atom. The summed E-state index contributed by atoms with van der Waals surface area (Å²) in [5.74, 6) is 0. The molecule has 0 fully saturated rings. The number of fused-ring (bicyclic) bond motifs is 1. The van der Waals surface area contributed by atoms with Crippen LogP contribution in [-0.2, 0) is 13.6 Å². The minimum atomic E-state index is 0.501. The summed E-state index contributed by atoms with van der Waals surface area (Å²) in [6.07, 6.45) is 0. The summed E-state index contributed by atoms with van der Waals surface area (Å²) in [6.45, 7) is 0.501. The minimum absolute atomic E-state index is 0.501. The van der Waals surface area contributed by atoms with Crippen LogP contribution in [0.4, 0.5) is 0 Å². The summed E-state index contributed by atoms with van der Waals surface area (Å²) >= 11 is 0. The largest absolute Gasteiger partial charge is 0.325 e. The zero-order valence-electron chi connectivity index (χ0n) is 6.99. The number of aromatic nitrogens is 2. The van der Waals surface area contributed by atoms with E-state index in [1.165, 1.54) is 0 Å². The van der Waals surface area contributed by atoms with E-state index in [9.17, 15) is 0 Å². The van der Waals surface area contributed by atoms with Crippen molar-refractivity contribution >= 4 is 10.9 Å². The van der Waals surface area contributed by atoms with Crippen LogP contribution in [0.3, 0.4) is 0 Å². The standard InChI is InChI=1S/C9H11N3/c1-12-9-5-3-2-4-7(9)8(6-10)11-12/h2-5H,6,10H2,1H3. The Bertz CT molecular complexity index is 403. The highest BCUT2D eigenvalue weighted by molar-refractivity contribution is 5.81. The van der Waals surface area contributed by atoms with Gasteiger partial charge in [-0.15, -0.1) is 0 Å². The maximum atomic E-state index is 5.55. The van der Waals surface area contributed by atoms with Crippen LogP contribution in [0.2, 0.25) is 0 Å². The summed E-state index contributed by atoms with van der Waals surface area (Å²) in [7, 11) is 1.93. The highest BCUT2D eigenvalue weighted by atomic mass is 15.3. The van der Waals surface area contributed by atoms with E-state index < -0.39 is 0 Å². The Hall–Kier alpha value is -1.35. The third kappa shape index (κ3) is 0.905. The number of hydrogen-bond donors (Lipinski definition) is 1. The highest BCUT2D eigenvalue weighted by Crippen LogP contribution is 2.16. The van der Waals surface area contributed by atoms with Crippen molar-refractivity contribution in [2.24, 2.45) is 12.8 Å². The zero-order valence-corrected chi connectivity index (χ0v) is 6.99. The zero-order chi connectivity index (χ0) is 8.55. The fourth-order valence-corrected chi connectivity index (χ4v) is 1.44. The number of nitrogens with zero attached hydrogens (tertiary/aromatic N) is 2. The van der Waals surface area contributed by atoms with Crippen LogP contribution in [0.25, 0.3) is 10.9 Å². The van der Waals surface area contributed by atoms with Crippen LogP contribution in [0.5, 0.6) is 0 Å². The third-order valence-electron chi connectivity index (χ3n) is 2.03. The molecule has 3 nitrogen and oxygen atoms in total. The normalized spacial score (nSPS) is 10.8. The van der Waals surface area contributed by atoms with Gasteiger partial charge in [-0.3, -0.25) is 4.68 Å². The first-order valence-corrected chi connectivity index (χ1v) is 3.93. The van der Waals surface area contributed by atoms with E-state index in [2.05, 4.69) is 5.10 Å². The quantitative estimate of drug-likeness (QED) is 0.679. The van der Waals surface area contributed by atoms with Crippen molar-refractivity contribution in [3.8, 4) is 0 Å². The van der Waals surface area contributed by atoms with E-state index >= 15 is 0 Å². The van der Waals surface area contributed by atoms with Gasteiger partial charge in [0.05, 0.1) is 11.2 Å². The molecule has 1 aromatic heterocycles. The van der Waals surface area contributed by atoms with E-state index in [0.717, 1.165) is 16.6 Å². The molecule has 3 heteroatoms. The molecule has 0 bridgehead atoms. The van der Waals surface area contributed by atoms with Crippen molar-refractivity contribution in [2.75, 3.05) is 0 Å². The van der Waals surface area contributed by atoms with Gasteiger partial charge in [-0.05, 0) is 6.07 Å². The lowest BCUT2D eigenvalue weighted by Gasteiger charge is -1.90. The van der Waals surface area contributed by atoms with Crippen LogP contribution < -0.4 is 5.73 Å². The lowest BCUT2D eigenvalue weighted by atomic mass is 10.2. The van der Waals surface area contributed by atoms with Crippen LogP contribution in [0.15, 0.2) is 24.3 Å². The number of para-hydroxylation sites is 1. The fourth-order valence-electron chi connectivity index (χ4n) is 1.44. The van der Waals surface area contributed by atoms with Crippen molar-refractivity contribution < 1.29 is 0 Å². The molecule has 0 atom stereocenters. The second kappa shape index (κ2) is 2.60. The lowest BCUT2D eigenvalue weighted by Crippen LogP contribution is -1.98. The van der Waals surface area contributed by atoms with E-state index in [0.29, 0.717) is 6.54 Å². The van der Waals surface area contributed by atoms with E-state index in [1.54, 1.807) is 0 Å². The van der Waals surface area contributed by atoms with Gasteiger partial charge >= 0.3 is 0 Å². The van der Waals surface area contributed by atoms with Crippen molar-refractivity contribution in [3.63, 3.8) is 0 Å².